The van der Waals surface area contributed by atoms with Crippen molar-refractivity contribution in [2.45, 2.75) is 20.3 Å². The lowest BCUT2D eigenvalue weighted by Crippen LogP contribution is -2.12. The van der Waals surface area contributed by atoms with Crippen LogP contribution in [0.2, 0.25) is 0 Å². The number of hydrogen-bond acceptors (Lipinski definition) is 3. The Morgan fingerprint density at radius 1 is 1.18 bits per heavy atom. The van der Waals surface area contributed by atoms with Gasteiger partial charge < -0.3 is 15.8 Å². The Hall–Kier alpha value is -2.49. The van der Waals surface area contributed by atoms with E-state index in [-0.39, 0.29) is 5.91 Å². The summed E-state index contributed by atoms with van der Waals surface area (Å²) in [5.41, 5.74) is 7.56. The molecule has 1 amide bonds. The first-order chi connectivity index (χ1) is 10.5. The van der Waals surface area contributed by atoms with Crippen LogP contribution in [0, 0.1) is 5.92 Å². The molecule has 0 atom stereocenters. The molecule has 0 spiro atoms. The number of nitrogen functional groups attached to an aromatic ring is 1. The van der Waals surface area contributed by atoms with Crippen LogP contribution in [0.15, 0.2) is 48.5 Å². The lowest BCUT2D eigenvalue weighted by Gasteiger charge is -2.10. The first kappa shape index (κ1) is 15.9. The highest BCUT2D eigenvalue weighted by Crippen LogP contribution is 2.17. The molecule has 0 unspecified atom stereocenters. The first-order valence-electron chi connectivity index (χ1n) is 7.44. The Bertz CT molecular complexity index is 638. The molecule has 0 aliphatic rings. The number of nitrogens with one attached hydrogen (secondary N) is 1. The summed E-state index contributed by atoms with van der Waals surface area (Å²) in [5, 5.41) is 2.83. The maximum absolute atomic E-state index is 12.3. The molecule has 0 aliphatic heterocycles. The van der Waals surface area contributed by atoms with Crippen molar-refractivity contribution in [3.63, 3.8) is 0 Å². The Balaban J connectivity index is 2.00. The molecule has 0 aliphatic carbocycles. The number of benzene rings is 2. The molecule has 0 saturated heterocycles. The monoisotopic (exact) mass is 298 g/mol. The predicted molar refractivity (Wildman–Crippen MR) is 90.2 cm³/mol. The molecule has 3 N–H and O–H groups in total. The SMILES string of the molecule is CC(C)CCOc1cccc(C(=O)Nc2cccc(N)c2)c1. The van der Waals surface area contributed by atoms with Gasteiger partial charge in [0.25, 0.3) is 5.91 Å². The van der Waals surface area contributed by atoms with Crippen LogP contribution in [0.3, 0.4) is 0 Å². The highest BCUT2D eigenvalue weighted by atomic mass is 16.5. The second kappa shape index (κ2) is 7.50. The van der Waals surface area contributed by atoms with Gasteiger partial charge in [-0.1, -0.05) is 26.0 Å². The second-order valence-corrected chi connectivity index (χ2v) is 5.64. The number of carbonyl (C=O) groups excluding carboxylic acids is 1. The molecule has 0 fully saturated rings. The smallest absolute Gasteiger partial charge is 0.255 e. The zero-order valence-electron chi connectivity index (χ0n) is 13.0. The van der Waals surface area contributed by atoms with Crippen molar-refractivity contribution in [2.75, 3.05) is 17.7 Å². The molecule has 4 heteroatoms. The third kappa shape index (κ3) is 4.81. The van der Waals surface area contributed by atoms with Crippen molar-refractivity contribution >= 4 is 17.3 Å². The summed E-state index contributed by atoms with van der Waals surface area (Å²) in [6, 6.07) is 14.3. The summed E-state index contributed by atoms with van der Waals surface area (Å²) >= 11 is 0. The molecule has 116 valence electrons. The van der Waals surface area contributed by atoms with Crippen LogP contribution in [-0.4, -0.2) is 12.5 Å². The van der Waals surface area contributed by atoms with E-state index in [1.165, 1.54) is 0 Å². The Kier molecular flexibility index (Phi) is 5.42. The van der Waals surface area contributed by atoms with Gasteiger partial charge in [0.2, 0.25) is 0 Å². The molecular formula is C18H22N2O2. The first-order valence-corrected chi connectivity index (χ1v) is 7.44. The normalized spacial score (nSPS) is 10.5. The molecule has 0 saturated carbocycles. The zero-order valence-corrected chi connectivity index (χ0v) is 13.0. The fraction of sp³-hybridized carbons (Fsp3) is 0.278. The number of anilines is 2. The Morgan fingerprint density at radius 2 is 1.95 bits per heavy atom. The molecular weight excluding hydrogens is 276 g/mol. The fourth-order valence-electron chi connectivity index (χ4n) is 1.96. The average molecular weight is 298 g/mol. The van der Waals surface area contributed by atoms with Gasteiger partial charge in [-0.25, -0.2) is 0 Å². The summed E-state index contributed by atoms with van der Waals surface area (Å²) < 4.78 is 5.68. The van der Waals surface area contributed by atoms with Gasteiger partial charge in [-0.15, -0.1) is 0 Å². The average Bonchev–Trinajstić information content (AvgIpc) is 2.47. The molecule has 0 radical (unpaired) electrons. The van der Waals surface area contributed by atoms with Crippen molar-refractivity contribution in [1.82, 2.24) is 0 Å². The van der Waals surface area contributed by atoms with E-state index in [4.69, 9.17) is 10.5 Å². The van der Waals surface area contributed by atoms with Crippen LogP contribution in [0.25, 0.3) is 0 Å². The van der Waals surface area contributed by atoms with Gasteiger partial charge in [0.1, 0.15) is 5.75 Å². The van der Waals surface area contributed by atoms with Gasteiger partial charge in [-0.3, -0.25) is 4.79 Å². The lowest BCUT2D eigenvalue weighted by atomic mass is 10.1. The van der Waals surface area contributed by atoms with Gasteiger partial charge in [-0.05, 0) is 48.7 Å². The maximum atomic E-state index is 12.3. The number of rotatable bonds is 6. The van der Waals surface area contributed by atoms with E-state index in [0.29, 0.717) is 35.2 Å². The van der Waals surface area contributed by atoms with E-state index < -0.39 is 0 Å². The van der Waals surface area contributed by atoms with Crippen LogP contribution in [-0.2, 0) is 0 Å². The van der Waals surface area contributed by atoms with E-state index >= 15 is 0 Å². The fourth-order valence-corrected chi connectivity index (χ4v) is 1.96. The summed E-state index contributed by atoms with van der Waals surface area (Å²) in [7, 11) is 0. The minimum absolute atomic E-state index is 0.181. The molecule has 0 heterocycles. The molecule has 22 heavy (non-hydrogen) atoms. The molecule has 0 bridgehead atoms. The van der Waals surface area contributed by atoms with Crippen LogP contribution >= 0.6 is 0 Å². The standard InChI is InChI=1S/C18H22N2O2/c1-13(2)9-10-22-17-8-3-5-14(11-17)18(21)20-16-7-4-6-15(19)12-16/h3-8,11-13H,9-10,19H2,1-2H3,(H,20,21). The van der Waals surface area contributed by atoms with Crippen molar-refractivity contribution in [3.05, 3.63) is 54.1 Å². The van der Waals surface area contributed by atoms with E-state index in [1.54, 1.807) is 36.4 Å². The van der Waals surface area contributed by atoms with Crippen molar-refractivity contribution < 1.29 is 9.53 Å². The van der Waals surface area contributed by atoms with Crippen LogP contribution < -0.4 is 15.8 Å². The molecule has 2 aromatic carbocycles. The number of amides is 1. The van der Waals surface area contributed by atoms with Crippen molar-refractivity contribution in [3.8, 4) is 5.75 Å². The molecule has 4 nitrogen and oxygen atoms in total. The van der Waals surface area contributed by atoms with Crippen LogP contribution in [0.5, 0.6) is 5.75 Å². The zero-order chi connectivity index (χ0) is 15.9. The van der Waals surface area contributed by atoms with E-state index in [9.17, 15) is 4.79 Å². The largest absolute Gasteiger partial charge is 0.494 e. The third-order valence-electron chi connectivity index (χ3n) is 3.20. The summed E-state index contributed by atoms with van der Waals surface area (Å²) in [6.45, 7) is 4.95. The Morgan fingerprint density at radius 3 is 2.68 bits per heavy atom. The number of carbonyl (C=O) groups is 1. The molecule has 0 aromatic heterocycles. The quantitative estimate of drug-likeness (QED) is 0.794. The summed E-state index contributed by atoms with van der Waals surface area (Å²) in [5.74, 6) is 1.12. The second-order valence-electron chi connectivity index (χ2n) is 5.64. The van der Waals surface area contributed by atoms with Crippen molar-refractivity contribution in [1.29, 1.82) is 0 Å². The highest BCUT2D eigenvalue weighted by Gasteiger charge is 2.07. The number of nitrogens with two attached hydrogens (primary N) is 1. The third-order valence-corrected chi connectivity index (χ3v) is 3.20. The van der Waals surface area contributed by atoms with E-state index in [2.05, 4.69) is 19.2 Å². The van der Waals surface area contributed by atoms with E-state index in [0.717, 1.165) is 6.42 Å². The summed E-state index contributed by atoms with van der Waals surface area (Å²) in [6.07, 6.45) is 0.986. The van der Waals surface area contributed by atoms with Gasteiger partial charge in [0.05, 0.1) is 6.61 Å². The van der Waals surface area contributed by atoms with Gasteiger partial charge in [0.15, 0.2) is 0 Å². The van der Waals surface area contributed by atoms with Crippen LogP contribution in [0.4, 0.5) is 11.4 Å². The minimum Gasteiger partial charge on any atom is -0.494 e. The Labute approximate surface area is 131 Å². The van der Waals surface area contributed by atoms with Crippen molar-refractivity contribution in [2.24, 2.45) is 5.92 Å². The highest BCUT2D eigenvalue weighted by molar-refractivity contribution is 6.04. The summed E-state index contributed by atoms with van der Waals surface area (Å²) in [4.78, 5) is 12.3. The molecule has 2 rings (SSSR count). The lowest BCUT2D eigenvalue weighted by molar-refractivity contribution is 0.102. The number of hydrogen-bond donors (Lipinski definition) is 2. The molecule has 2 aromatic rings. The van der Waals surface area contributed by atoms with Gasteiger partial charge in [0, 0.05) is 16.9 Å². The van der Waals surface area contributed by atoms with Crippen LogP contribution in [0.1, 0.15) is 30.6 Å². The topological polar surface area (TPSA) is 64.3 Å². The maximum Gasteiger partial charge on any atom is 0.255 e. The van der Waals surface area contributed by atoms with Gasteiger partial charge >= 0.3 is 0 Å². The predicted octanol–water partition coefficient (Wildman–Crippen LogP) is 3.95. The number of ether oxygens (including phenoxy) is 1. The van der Waals surface area contributed by atoms with E-state index in [1.807, 2.05) is 12.1 Å². The minimum atomic E-state index is -0.181. The van der Waals surface area contributed by atoms with Gasteiger partial charge in [-0.2, -0.15) is 0 Å².